The van der Waals surface area contributed by atoms with Crippen molar-refractivity contribution in [3.05, 3.63) is 21.9 Å². The molecule has 96 valence electrons. The Bertz CT molecular complexity index is 348. The van der Waals surface area contributed by atoms with Crippen molar-refractivity contribution in [1.29, 1.82) is 0 Å². The summed E-state index contributed by atoms with van der Waals surface area (Å²) < 4.78 is 0. The molecule has 0 radical (unpaired) electrons. The highest BCUT2D eigenvalue weighted by Crippen LogP contribution is 2.19. The van der Waals surface area contributed by atoms with Crippen molar-refractivity contribution >= 4 is 11.3 Å². The third-order valence-electron chi connectivity index (χ3n) is 3.80. The lowest BCUT2D eigenvalue weighted by Crippen LogP contribution is -2.52. The summed E-state index contributed by atoms with van der Waals surface area (Å²) in [6.45, 7) is 11.5. The molecule has 17 heavy (non-hydrogen) atoms. The SMILES string of the molecule is CCC(C)C1CN(Cc2ccc(C)s2)CCN1. The van der Waals surface area contributed by atoms with Gasteiger partial charge in [0.15, 0.2) is 0 Å². The van der Waals surface area contributed by atoms with Crippen LogP contribution in [0.2, 0.25) is 0 Å². The lowest BCUT2D eigenvalue weighted by molar-refractivity contribution is 0.163. The van der Waals surface area contributed by atoms with E-state index in [0.717, 1.165) is 19.0 Å². The summed E-state index contributed by atoms with van der Waals surface area (Å²) in [5.41, 5.74) is 0. The Morgan fingerprint density at radius 2 is 2.35 bits per heavy atom. The average molecular weight is 252 g/mol. The van der Waals surface area contributed by atoms with Gasteiger partial charge in [0, 0.05) is 42.0 Å². The van der Waals surface area contributed by atoms with E-state index in [-0.39, 0.29) is 0 Å². The minimum atomic E-state index is 0.676. The van der Waals surface area contributed by atoms with E-state index in [9.17, 15) is 0 Å². The summed E-state index contributed by atoms with van der Waals surface area (Å²) in [6.07, 6.45) is 1.27. The summed E-state index contributed by atoms with van der Waals surface area (Å²) in [7, 11) is 0. The third kappa shape index (κ3) is 3.54. The van der Waals surface area contributed by atoms with Gasteiger partial charge in [-0.2, -0.15) is 0 Å². The predicted octanol–water partition coefficient (Wildman–Crippen LogP) is 2.88. The number of hydrogen-bond acceptors (Lipinski definition) is 3. The van der Waals surface area contributed by atoms with Crippen LogP contribution in [0.15, 0.2) is 12.1 Å². The Morgan fingerprint density at radius 3 is 3.00 bits per heavy atom. The first-order valence-corrected chi connectivity index (χ1v) is 7.51. The molecule has 2 unspecified atom stereocenters. The van der Waals surface area contributed by atoms with Crippen LogP contribution < -0.4 is 5.32 Å². The van der Waals surface area contributed by atoms with E-state index >= 15 is 0 Å². The summed E-state index contributed by atoms with van der Waals surface area (Å²) >= 11 is 1.93. The van der Waals surface area contributed by atoms with Gasteiger partial charge in [0.05, 0.1) is 0 Å². The second-order valence-corrected chi connectivity index (χ2v) is 6.57. The van der Waals surface area contributed by atoms with Crippen molar-refractivity contribution in [3.8, 4) is 0 Å². The molecule has 1 aliphatic heterocycles. The molecule has 3 heteroatoms. The molecule has 2 nitrogen and oxygen atoms in total. The second-order valence-electron chi connectivity index (χ2n) is 5.19. The van der Waals surface area contributed by atoms with Crippen LogP contribution in [-0.4, -0.2) is 30.6 Å². The highest BCUT2D eigenvalue weighted by atomic mass is 32.1. The van der Waals surface area contributed by atoms with E-state index < -0.39 is 0 Å². The van der Waals surface area contributed by atoms with Crippen LogP contribution in [0.1, 0.15) is 30.0 Å². The van der Waals surface area contributed by atoms with Crippen LogP contribution in [0.4, 0.5) is 0 Å². The molecule has 0 bridgehead atoms. The molecular formula is C14H24N2S. The molecule has 1 aliphatic rings. The first-order valence-electron chi connectivity index (χ1n) is 6.70. The number of aryl methyl sites for hydroxylation is 1. The molecule has 1 aromatic rings. The fourth-order valence-electron chi connectivity index (χ4n) is 2.44. The van der Waals surface area contributed by atoms with E-state index in [1.807, 2.05) is 11.3 Å². The van der Waals surface area contributed by atoms with Gasteiger partial charge >= 0.3 is 0 Å². The van der Waals surface area contributed by atoms with Gasteiger partial charge in [0.1, 0.15) is 0 Å². The van der Waals surface area contributed by atoms with Crippen molar-refractivity contribution in [3.63, 3.8) is 0 Å². The maximum Gasteiger partial charge on any atom is 0.0329 e. The minimum Gasteiger partial charge on any atom is -0.311 e. The smallest absolute Gasteiger partial charge is 0.0329 e. The number of thiophene rings is 1. The molecule has 1 N–H and O–H groups in total. The van der Waals surface area contributed by atoms with Crippen molar-refractivity contribution in [2.45, 2.75) is 39.8 Å². The molecule has 0 aromatic carbocycles. The normalized spacial score (nSPS) is 23.8. The van der Waals surface area contributed by atoms with Crippen molar-refractivity contribution in [1.82, 2.24) is 10.2 Å². The zero-order chi connectivity index (χ0) is 12.3. The summed E-state index contributed by atoms with van der Waals surface area (Å²) in [5.74, 6) is 0.780. The van der Waals surface area contributed by atoms with Gasteiger partial charge in [0.25, 0.3) is 0 Å². The molecule has 0 spiro atoms. The topological polar surface area (TPSA) is 15.3 Å². The van der Waals surface area contributed by atoms with Gasteiger partial charge in [-0.1, -0.05) is 20.3 Å². The van der Waals surface area contributed by atoms with Crippen LogP contribution in [-0.2, 0) is 6.54 Å². The third-order valence-corrected chi connectivity index (χ3v) is 4.78. The molecule has 0 saturated carbocycles. The standard InChI is InChI=1S/C14H24N2S/c1-4-11(2)14-10-16(8-7-15-14)9-13-6-5-12(3)17-13/h5-6,11,14-15H,4,7-10H2,1-3H3. The molecule has 0 amide bonds. The first-order chi connectivity index (χ1) is 8.19. The maximum absolute atomic E-state index is 3.65. The quantitative estimate of drug-likeness (QED) is 0.886. The Morgan fingerprint density at radius 1 is 1.53 bits per heavy atom. The molecule has 1 saturated heterocycles. The Kier molecular flexibility index (Phi) is 4.60. The number of nitrogens with one attached hydrogen (secondary N) is 1. The summed E-state index contributed by atoms with van der Waals surface area (Å²) in [6, 6.07) is 5.18. The number of rotatable bonds is 4. The second kappa shape index (κ2) is 5.98. The Labute approximate surface area is 109 Å². The van der Waals surface area contributed by atoms with Gasteiger partial charge in [-0.05, 0) is 25.0 Å². The van der Waals surface area contributed by atoms with E-state index in [1.165, 1.54) is 29.3 Å². The highest BCUT2D eigenvalue weighted by molar-refractivity contribution is 7.11. The van der Waals surface area contributed by atoms with E-state index in [1.54, 1.807) is 0 Å². The van der Waals surface area contributed by atoms with Crippen LogP contribution in [0.3, 0.4) is 0 Å². The molecule has 2 atom stereocenters. The molecule has 2 rings (SSSR count). The van der Waals surface area contributed by atoms with Gasteiger partial charge in [0.2, 0.25) is 0 Å². The minimum absolute atomic E-state index is 0.676. The molecule has 1 aromatic heterocycles. The highest BCUT2D eigenvalue weighted by Gasteiger charge is 2.23. The van der Waals surface area contributed by atoms with Gasteiger partial charge in [-0.25, -0.2) is 0 Å². The van der Waals surface area contributed by atoms with Crippen LogP contribution in [0.5, 0.6) is 0 Å². The predicted molar refractivity (Wildman–Crippen MR) is 75.6 cm³/mol. The Hall–Kier alpha value is -0.380. The van der Waals surface area contributed by atoms with Gasteiger partial charge in [-0.15, -0.1) is 11.3 Å². The van der Waals surface area contributed by atoms with Crippen LogP contribution in [0.25, 0.3) is 0 Å². The largest absolute Gasteiger partial charge is 0.311 e. The number of hydrogen-bond donors (Lipinski definition) is 1. The van der Waals surface area contributed by atoms with Crippen LogP contribution >= 0.6 is 11.3 Å². The summed E-state index contributed by atoms with van der Waals surface area (Å²) in [4.78, 5) is 5.53. The first kappa shape index (κ1) is 13.1. The van der Waals surface area contributed by atoms with E-state index in [2.05, 4.69) is 43.1 Å². The van der Waals surface area contributed by atoms with Gasteiger partial charge in [-0.3, -0.25) is 4.90 Å². The molecule has 1 fully saturated rings. The van der Waals surface area contributed by atoms with Gasteiger partial charge < -0.3 is 5.32 Å². The fourth-order valence-corrected chi connectivity index (χ4v) is 3.37. The van der Waals surface area contributed by atoms with Crippen molar-refractivity contribution < 1.29 is 0 Å². The van der Waals surface area contributed by atoms with Crippen LogP contribution in [0, 0.1) is 12.8 Å². The van der Waals surface area contributed by atoms with E-state index in [4.69, 9.17) is 0 Å². The maximum atomic E-state index is 3.65. The zero-order valence-electron chi connectivity index (χ0n) is 11.2. The monoisotopic (exact) mass is 252 g/mol. The molecule has 2 heterocycles. The van der Waals surface area contributed by atoms with E-state index in [0.29, 0.717) is 6.04 Å². The average Bonchev–Trinajstić information content (AvgIpc) is 2.74. The van der Waals surface area contributed by atoms with Crippen molar-refractivity contribution in [2.75, 3.05) is 19.6 Å². The lowest BCUT2D eigenvalue weighted by atomic mass is 9.97. The fraction of sp³-hybridized carbons (Fsp3) is 0.714. The van der Waals surface area contributed by atoms with Crippen molar-refractivity contribution in [2.24, 2.45) is 5.92 Å². The molecule has 0 aliphatic carbocycles. The summed E-state index contributed by atoms with van der Waals surface area (Å²) in [5, 5.41) is 3.65. The lowest BCUT2D eigenvalue weighted by Gasteiger charge is -2.36. The molecular weight excluding hydrogens is 228 g/mol. The number of piperazine rings is 1. The zero-order valence-corrected chi connectivity index (χ0v) is 12.0. The number of nitrogens with zero attached hydrogens (tertiary/aromatic N) is 1. The Balaban J connectivity index is 1.89.